The van der Waals surface area contributed by atoms with Gasteiger partial charge in [-0.1, -0.05) is 117 Å². The molecule has 0 spiro atoms. The Morgan fingerprint density at radius 3 is 1.79 bits per heavy atom. The van der Waals surface area contributed by atoms with Crippen molar-refractivity contribution in [3.8, 4) is 28.0 Å². The average molecular weight is 515 g/mol. The quantitative estimate of drug-likeness (QED) is 0.143. The third-order valence-electron chi connectivity index (χ3n) is 6.60. The van der Waals surface area contributed by atoms with Gasteiger partial charge in [0.25, 0.3) is 0 Å². The van der Waals surface area contributed by atoms with Gasteiger partial charge in [-0.2, -0.15) is 0 Å². The number of hydrogen-bond donors (Lipinski definition) is 0. The van der Waals surface area contributed by atoms with Crippen molar-refractivity contribution >= 4 is 12.2 Å². The smallest absolute Gasteiger partial charge is 0.167 e. The fourth-order valence-electron chi connectivity index (χ4n) is 4.32. The number of unbranched alkanes of at least 4 members (excludes halogenated alkanes) is 4. The highest BCUT2D eigenvalue weighted by Gasteiger charge is 2.16. The van der Waals surface area contributed by atoms with E-state index in [0.717, 1.165) is 24.0 Å². The van der Waals surface area contributed by atoms with Gasteiger partial charge in [-0.05, 0) is 47.7 Å². The van der Waals surface area contributed by atoms with E-state index in [1.165, 1.54) is 25.3 Å². The molecule has 196 valence electrons. The first-order valence-electron chi connectivity index (χ1n) is 13.2. The van der Waals surface area contributed by atoms with E-state index < -0.39 is 11.6 Å². The zero-order valence-electron chi connectivity index (χ0n) is 21.9. The molecular formula is C34H33F3O. The zero-order chi connectivity index (χ0) is 26.9. The molecule has 1 nitrogen and oxygen atoms in total. The summed E-state index contributed by atoms with van der Waals surface area (Å²) in [5, 5.41) is 0. The fraction of sp³-hybridized carbons (Fsp3) is 0.235. The SMILES string of the molecule is CCCCCCCOc1ccc(/C=C/c2ccc(-c3ccc(-c4ccc(C)cc4)c(F)c3F)cc2)cc1F. The topological polar surface area (TPSA) is 9.23 Å². The van der Waals surface area contributed by atoms with Crippen molar-refractivity contribution in [1.82, 2.24) is 0 Å². The van der Waals surface area contributed by atoms with Crippen LogP contribution in [0.1, 0.15) is 55.7 Å². The predicted molar refractivity (Wildman–Crippen MR) is 152 cm³/mol. The van der Waals surface area contributed by atoms with E-state index in [1.807, 2.05) is 49.4 Å². The van der Waals surface area contributed by atoms with Crippen molar-refractivity contribution in [2.75, 3.05) is 6.61 Å². The molecule has 4 rings (SSSR count). The van der Waals surface area contributed by atoms with Crippen molar-refractivity contribution in [3.63, 3.8) is 0 Å². The van der Waals surface area contributed by atoms with Gasteiger partial charge in [0, 0.05) is 11.1 Å². The minimum absolute atomic E-state index is 0.205. The van der Waals surface area contributed by atoms with Crippen LogP contribution < -0.4 is 4.74 Å². The molecule has 0 N–H and O–H groups in total. The number of rotatable bonds is 11. The van der Waals surface area contributed by atoms with Gasteiger partial charge in [0.1, 0.15) is 0 Å². The van der Waals surface area contributed by atoms with Gasteiger partial charge < -0.3 is 4.74 Å². The minimum Gasteiger partial charge on any atom is -0.491 e. The maximum Gasteiger partial charge on any atom is 0.167 e. The lowest BCUT2D eigenvalue weighted by atomic mass is 9.97. The van der Waals surface area contributed by atoms with E-state index in [0.29, 0.717) is 23.3 Å². The summed E-state index contributed by atoms with van der Waals surface area (Å²) in [6, 6.07) is 22.6. The first-order valence-corrected chi connectivity index (χ1v) is 13.2. The van der Waals surface area contributed by atoms with Crippen LogP contribution >= 0.6 is 0 Å². The van der Waals surface area contributed by atoms with Crippen LogP contribution in [-0.4, -0.2) is 6.61 Å². The number of halogens is 3. The van der Waals surface area contributed by atoms with E-state index in [1.54, 1.807) is 42.5 Å². The monoisotopic (exact) mass is 514 g/mol. The Morgan fingerprint density at radius 1 is 0.632 bits per heavy atom. The first kappa shape index (κ1) is 27.3. The molecule has 0 atom stereocenters. The second-order valence-corrected chi connectivity index (χ2v) is 9.56. The highest BCUT2D eigenvalue weighted by Crippen LogP contribution is 2.32. The molecule has 0 unspecified atom stereocenters. The van der Waals surface area contributed by atoms with Crippen molar-refractivity contribution in [1.29, 1.82) is 0 Å². The second-order valence-electron chi connectivity index (χ2n) is 9.56. The molecule has 0 amide bonds. The van der Waals surface area contributed by atoms with E-state index in [-0.39, 0.29) is 22.7 Å². The maximum atomic E-state index is 15.0. The molecule has 0 aliphatic rings. The van der Waals surface area contributed by atoms with E-state index >= 15 is 0 Å². The Labute approximate surface area is 223 Å². The molecule has 0 radical (unpaired) electrons. The van der Waals surface area contributed by atoms with Gasteiger partial charge in [0.05, 0.1) is 6.61 Å². The molecule has 4 heteroatoms. The first-order chi connectivity index (χ1) is 18.5. The molecular weight excluding hydrogens is 481 g/mol. The summed E-state index contributed by atoms with van der Waals surface area (Å²) < 4.78 is 49.9. The van der Waals surface area contributed by atoms with Crippen molar-refractivity contribution in [2.45, 2.75) is 46.0 Å². The molecule has 0 saturated carbocycles. The van der Waals surface area contributed by atoms with Gasteiger partial charge in [-0.25, -0.2) is 13.2 Å². The summed E-state index contributed by atoms with van der Waals surface area (Å²) in [6.45, 7) is 4.64. The molecule has 0 aromatic heterocycles. The van der Waals surface area contributed by atoms with E-state index in [2.05, 4.69) is 6.92 Å². The predicted octanol–water partition coefficient (Wildman–Crippen LogP) is 10.3. The molecule has 4 aromatic carbocycles. The van der Waals surface area contributed by atoms with Gasteiger partial charge in [-0.15, -0.1) is 0 Å². The fourth-order valence-corrected chi connectivity index (χ4v) is 4.32. The van der Waals surface area contributed by atoms with Gasteiger partial charge >= 0.3 is 0 Å². The highest BCUT2D eigenvalue weighted by atomic mass is 19.2. The number of ether oxygens (including phenoxy) is 1. The summed E-state index contributed by atoms with van der Waals surface area (Å²) in [6.07, 6.45) is 9.26. The van der Waals surface area contributed by atoms with E-state index in [9.17, 15) is 13.2 Å². The number of hydrogen-bond acceptors (Lipinski definition) is 1. The third kappa shape index (κ3) is 6.95. The van der Waals surface area contributed by atoms with Crippen LogP contribution in [0.4, 0.5) is 13.2 Å². The molecule has 0 aliphatic heterocycles. The third-order valence-corrected chi connectivity index (χ3v) is 6.60. The van der Waals surface area contributed by atoms with Gasteiger partial charge in [0.2, 0.25) is 0 Å². The van der Waals surface area contributed by atoms with Crippen molar-refractivity contribution < 1.29 is 17.9 Å². The van der Waals surface area contributed by atoms with Crippen molar-refractivity contribution in [3.05, 3.63) is 113 Å². The maximum absolute atomic E-state index is 15.0. The average Bonchev–Trinajstić information content (AvgIpc) is 2.93. The molecule has 0 bridgehead atoms. The molecule has 0 heterocycles. The second kappa shape index (κ2) is 13.1. The summed E-state index contributed by atoms with van der Waals surface area (Å²) in [7, 11) is 0. The van der Waals surface area contributed by atoms with E-state index in [4.69, 9.17) is 4.74 Å². The van der Waals surface area contributed by atoms with Crippen LogP contribution in [0, 0.1) is 24.4 Å². The summed E-state index contributed by atoms with van der Waals surface area (Å²) in [4.78, 5) is 0. The lowest BCUT2D eigenvalue weighted by Gasteiger charge is -2.10. The Hall–Kier alpha value is -3.79. The number of benzene rings is 4. The standard InChI is InChI=1S/C34H33F3O/c1-3-4-5-6-7-22-38-32-21-14-26(23-31(32)35)11-10-25-12-17-28(18-13-25)30-20-19-29(33(36)34(30)37)27-15-8-24(2)9-16-27/h8-21,23H,3-7,22H2,1-2H3/b11-10+. The summed E-state index contributed by atoms with van der Waals surface area (Å²) in [5.74, 6) is -1.85. The lowest BCUT2D eigenvalue weighted by molar-refractivity contribution is 0.290. The summed E-state index contributed by atoms with van der Waals surface area (Å²) >= 11 is 0. The molecule has 0 aliphatic carbocycles. The van der Waals surface area contributed by atoms with Crippen LogP contribution in [0.5, 0.6) is 5.75 Å². The molecule has 38 heavy (non-hydrogen) atoms. The van der Waals surface area contributed by atoms with Crippen LogP contribution in [0.25, 0.3) is 34.4 Å². The molecule has 0 saturated heterocycles. The normalized spacial score (nSPS) is 11.3. The van der Waals surface area contributed by atoms with Crippen LogP contribution in [0.2, 0.25) is 0 Å². The van der Waals surface area contributed by atoms with Crippen molar-refractivity contribution in [2.24, 2.45) is 0 Å². The van der Waals surface area contributed by atoms with Crippen LogP contribution in [0.15, 0.2) is 78.9 Å². The summed E-state index contributed by atoms with van der Waals surface area (Å²) in [5.41, 5.74) is 4.28. The van der Waals surface area contributed by atoms with Gasteiger partial charge in [0.15, 0.2) is 23.2 Å². The zero-order valence-corrected chi connectivity index (χ0v) is 21.9. The Kier molecular flexibility index (Phi) is 9.42. The van der Waals surface area contributed by atoms with Crippen LogP contribution in [0.3, 0.4) is 0 Å². The van der Waals surface area contributed by atoms with Crippen LogP contribution in [-0.2, 0) is 0 Å². The lowest BCUT2D eigenvalue weighted by Crippen LogP contribution is -1.99. The molecule has 0 fully saturated rings. The Bertz CT molecular complexity index is 1370. The Morgan fingerprint density at radius 2 is 1.18 bits per heavy atom. The minimum atomic E-state index is -0.870. The number of aryl methyl sites for hydroxylation is 1. The highest BCUT2D eigenvalue weighted by molar-refractivity contribution is 5.74. The van der Waals surface area contributed by atoms with Gasteiger partial charge in [-0.3, -0.25) is 0 Å². The Balaban J connectivity index is 1.40. The molecule has 4 aromatic rings. The largest absolute Gasteiger partial charge is 0.491 e.